The summed E-state index contributed by atoms with van der Waals surface area (Å²) in [6.45, 7) is 2.59. The predicted molar refractivity (Wildman–Crippen MR) is 80.2 cm³/mol. The molecule has 3 heterocycles. The Hall–Kier alpha value is -2.01. The molecule has 1 aromatic heterocycles. The van der Waals surface area contributed by atoms with Gasteiger partial charge in [-0.05, 0) is 41.1 Å². The topological polar surface area (TPSA) is 38.8 Å². The van der Waals surface area contributed by atoms with E-state index in [4.69, 9.17) is 9.47 Å². The van der Waals surface area contributed by atoms with Crippen LogP contribution in [0.3, 0.4) is 0 Å². The van der Waals surface area contributed by atoms with Crippen molar-refractivity contribution in [1.82, 2.24) is 4.90 Å². The highest BCUT2D eigenvalue weighted by atomic mass is 32.1. The molecule has 0 unspecified atom stereocenters. The molecule has 0 saturated heterocycles. The van der Waals surface area contributed by atoms with Crippen molar-refractivity contribution in [2.75, 3.05) is 19.8 Å². The van der Waals surface area contributed by atoms with Gasteiger partial charge in [0.1, 0.15) is 13.2 Å². The third-order valence-electron chi connectivity index (χ3n) is 3.90. The zero-order valence-electron chi connectivity index (χ0n) is 11.5. The second-order valence-corrected chi connectivity index (χ2v) is 6.17. The molecule has 4 rings (SSSR count). The van der Waals surface area contributed by atoms with Crippen molar-refractivity contribution in [3.05, 3.63) is 45.6 Å². The van der Waals surface area contributed by atoms with Gasteiger partial charge in [-0.2, -0.15) is 0 Å². The molecule has 0 spiro atoms. The van der Waals surface area contributed by atoms with Gasteiger partial charge in [-0.25, -0.2) is 0 Å². The maximum Gasteiger partial charge on any atom is 0.264 e. The lowest BCUT2D eigenvalue weighted by atomic mass is 9.98. The number of ether oxygens (including phenoxy) is 2. The van der Waals surface area contributed by atoms with E-state index in [1.807, 2.05) is 28.5 Å². The van der Waals surface area contributed by atoms with Gasteiger partial charge in [0, 0.05) is 13.1 Å². The lowest BCUT2D eigenvalue weighted by molar-refractivity contribution is 0.0739. The summed E-state index contributed by atoms with van der Waals surface area (Å²) in [5.41, 5.74) is 2.42. The number of carbonyl (C=O) groups excluding carboxylic acids is 1. The van der Waals surface area contributed by atoms with Gasteiger partial charge in [0.15, 0.2) is 11.5 Å². The van der Waals surface area contributed by atoms with Crippen molar-refractivity contribution in [3.63, 3.8) is 0 Å². The van der Waals surface area contributed by atoms with Crippen molar-refractivity contribution >= 4 is 17.2 Å². The summed E-state index contributed by atoms with van der Waals surface area (Å²) in [4.78, 5) is 15.1. The molecule has 108 valence electrons. The number of thiophene rings is 1. The molecule has 0 fully saturated rings. The number of hydrogen-bond donors (Lipinski definition) is 0. The average Bonchev–Trinajstić information content (AvgIpc) is 3.06. The van der Waals surface area contributed by atoms with Crippen LogP contribution in [0.1, 0.15) is 20.8 Å². The fourth-order valence-corrected chi connectivity index (χ4v) is 3.51. The Balaban J connectivity index is 1.61. The maximum atomic E-state index is 12.4. The summed E-state index contributed by atoms with van der Waals surface area (Å²) in [6.07, 6.45) is 0.864. The first-order valence-corrected chi connectivity index (χ1v) is 7.93. The van der Waals surface area contributed by atoms with Crippen LogP contribution < -0.4 is 9.47 Å². The Morgan fingerprint density at radius 1 is 1.14 bits per heavy atom. The highest BCUT2D eigenvalue weighted by Crippen LogP contribution is 2.35. The van der Waals surface area contributed by atoms with Gasteiger partial charge < -0.3 is 14.4 Å². The van der Waals surface area contributed by atoms with Gasteiger partial charge >= 0.3 is 0 Å². The van der Waals surface area contributed by atoms with E-state index in [2.05, 4.69) is 6.07 Å². The number of hydrogen-bond acceptors (Lipinski definition) is 4. The van der Waals surface area contributed by atoms with Crippen LogP contribution in [-0.2, 0) is 13.0 Å². The molecule has 4 nitrogen and oxygen atoms in total. The molecular weight excluding hydrogens is 286 g/mol. The van der Waals surface area contributed by atoms with Crippen LogP contribution in [0.25, 0.3) is 0 Å². The summed E-state index contributed by atoms with van der Waals surface area (Å²) in [5, 5.41) is 1.94. The van der Waals surface area contributed by atoms with Crippen LogP contribution in [0.15, 0.2) is 29.6 Å². The zero-order valence-corrected chi connectivity index (χ0v) is 12.3. The van der Waals surface area contributed by atoms with Crippen LogP contribution in [0.4, 0.5) is 0 Å². The van der Waals surface area contributed by atoms with Gasteiger partial charge in [0.25, 0.3) is 5.91 Å². The lowest BCUT2D eigenvalue weighted by Gasteiger charge is -2.30. The highest BCUT2D eigenvalue weighted by molar-refractivity contribution is 7.12. The molecule has 0 bridgehead atoms. The first-order valence-electron chi connectivity index (χ1n) is 7.05. The van der Waals surface area contributed by atoms with Gasteiger partial charge in [0.05, 0.1) is 4.88 Å². The number of amides is 1. The van der Waals surface area contributed by atoms with Crippen LogP contribution in [0, 0.1) is 0 Å². The van der Waals surface area contributed by atoms with E-state index in [1.54, 1.807) is 0 Å². The minimum absolute atomic E-state index is 0.116. The fourth-order valence-electron chi connectivity index (χ4n) is 2.82. The van der Waals surface area contributed by atoms with E-state index < -0.39 is 0 Å². The number of carbonyl (C=O) groups is 1. The Bertz CT molecular complexity index is 681. The van der Waals surface area contributed by atoms with Crippen LogP contribution >= 0.6 is 11.3 Å². The second kappa shape index (κ2) is 5.07. The largest absolute Gasteiger partial charge is 0.486 e. The van der Waals surface area contributed by atoms with E-state index in [1.165, 1.54) is 16.9 Å². The van der Waals surface area contributed by atoms with Crippen molar-refractivity contribution < 1.29 is 14.3 Å². The maximum absolute atomic E-state index is 12.4. The summed E-state index contributed by atoms with van der Waals surface area (Å²) >= 11 is 1.49. The third kappa shape index (κ3) is 2.27. The normalized spacial score (nSPS) is 16.5. The minimum atomic E-state index is 0.116. The Labute approximate surface area is 126 Å². The Kier molecular flexibility index (Phi) is 3.07. The molecule has 5 heteroatoms. The molecule has 1 amide bonds. The third-order valence-corrected chi connectivity index (χ3v) is 4.75. The number of rotatable bonds is 1. The predicted octanol–water partition coefficient (Wildman–Crippen LogP) is 2.72. The minimum Gasteiger partial charge on any atom is -0.486 e. The molecule has 2 aromatic rings. The molecule has 0 atom stereocenters. The van der Waals surface area contributed by atoms with Gasteiger partial charge in [-0.1, -0.05) is 6.07 Å². The number of fused-ring (bicyclic) bond motifs is 2. The number of benzene rings is 1. The summed E-state index contributed by atoms with van der Waals surface area (Å²) < 4.78 is 11.2. The highest BCUT2D eigenvalue weighted by Gasteiger charge is 2.25. The van der Waals surface area contributed by atoms with E-state index in [9.17, 15) is 4.79 Å². The quantitative estimate of drug-likeness (QED) is 0.813. The molecule has 1 aromatic carbocycles. The monoisotopic (exact) mass is 301 g/mol. The van der Waals surface area contributed by atoms with Crippen molar-refractivity contribution in [1.29, 1.82) is 0 Å². The van der Waals surface area contributed by atoms with Gasteiger partial charge in [0.2, 0.25) is 0 Å². The average molecular weight is 301 g/mol. The number of nitrogens with zero attached hydrogens (tertiary/aromatic N) is 1. The van der Waals surface area contributed by atoms with E-state index in [0.29, 0.717) is 19.8 Å². The molecule has 0 radical (unpaired) electrons. The van der Waals surface area contributed by atoms with Crippen molar-refractivity contribution in [2.24, 2.45) is 0 Å². The molecule has 2 aliphatic rings. The molecular formula is C16H15NO3S. The van der Waals surface area contributed by atoms with Gasteiger partial charge in [-0.3, -0.25) is 4.79 Å². The van der Waals surface area contributed by atoms with Crippen molar-refractivity contribution in [3.8, 4) is 11.5 Å². The smallest absolute Gasteiger partial charge is 0.264 e. The van der Waals surface area contributed by atoms with Crippen LogP contribution in [-0.4, -0.2) is 30.6 Å². The molecule has 2 aliphatic heterocycles. The van der Waals surface area contributed by atoms with E-state index in [0.717, 1.165) is 34.9 Å². The summed E-state index contributed by atoms with van der Waals surface area (Å²) in [7, 11) is 0. The molecule has 0 aliphatic carbocycles. The summed E-state index contributed by atoms with van der Waals surface area (Å²) in [5.74, 6) is 1.74. The standard InChI is InChI=1S/C16H15NO3S/c18-16(15-2-1-7-21-15)17-4-3-11-8-13-14(9-12(11)10-17)20-6-5-19-13/h1-2,7-9H,3-6,10H2. The van der Waals surface area contributed by atoms with Crippen LogP contribution in [0.5, 0.6) is 11.5 Å². The van der Waals surface area contributed by atoms with Crippen molar-refractivity contribution in [2.45, 2.75) is 13.0 Å². The molecule has 21 heavy (non-hydrogen) atoms. The molecule has 0 N–H and O–H groups in total. The Morgan fingerprint density at radius 2 is 1.90 bits per heavy atom. The fraction of sp³-hybridized carbons (Fsp3) is 0.312. The van der Waals surface area contributed by atoms with E-state index >= 15 is 0 Å². The lowest BCUT2D eigenvalue weighted by Crippen LogP contribution is -2.35. The SMILES string of the molecule is O=C(c1cccs1)N1CCc2cc3c(cc2C1)OCCO3. The zero-order chi connectivity index (χ0) is 14.2. The Morgan fingerprint density at radius 3 is 2.62 bits per heavy atom. The van der Waals surface area contributed by atoms with Gasteiger partial charge in [-0.15, -0.1) is 11.3 Å². The first kappa shape index (κ1) is 12.7. The summed E-state index contributed by atoms with van der Waals surface area (Å²) in [6, 6.07) is 7.89. The van der Waals surface area contributed by atoms with E-state index in [-0.39, 0.29) is 5.91 Å². The second-order valence-electron chi connectivity index (χ2n) is 5.22. The molecule has 0 saturated carbocycles. The van der Waals surface area contributed by atoms with Crippen LogP contribution in [0.2, 0.25) is 0 Å². The first-order chi connectivity index (χ1) is 10.3.